The third kappa shape index (κ3) is 4.16. The van der Waals surface area contributed by atoms with Gasteiger partial charge in [0.15, 0.2) is 0 Å². The Hall–Kier alpha value is -7.64. The molecule has 4 heterocycles. The number of nitrogens with zero attached hydrogens (tertiary/aromatic N) is 5. The SMILES string of the molecule is N#Cc1ccc2c(c1)c1cc(C#N)ccc1n2-c1ccc2c(c1)-c1ccc(-n3c4ccccc4c4ccc5c(c6ccccc6n5-c5ccccc5)c43)cc1[SiH2]2. The molecule has 0 radical (unpaired) electrons. The Kier molecular flexibility index (Phi) is 6.28. The Bertz CT molecular complexity index is 3520. The highest BCUT2D eigenvalue weighted by Crippen LogP contribution is 2.42. The molecule has 0 saturated carbocycles. The lowest BCUT2D eigenvalue weighted by molar-refractivity contribution is 1.17. The van der Waals surface area contributed by atoms with Crippen molar-refractivity contribution in [3.8, 4) is 40.3 Å². The maximum absolute atomic E-state index is 9.70. The van der Waals surface area contributed by atoms with Gasteiger partial charge in [0.1, 0.15) is 0 Å². The lowest BCUT2D eigenvalue weighted by Crippen LogP contribution is -2.21. The predicted molar refractivity (Wildman–Crippen MR) is 232 cm³/mol. The summed E-state index contributed by atoms with van der Waals surface area (Å²) in [7, 11) is -0.759. The number of nitriles is 2. The van der Waals surface area contributed by atoms with Crippen LogP contribution in [0, 0.1) is 22.7 Å². The van der Waals surface area contributed by atoms with Crippen LogP contribution < -0.4 is 10.4 Å². The summed E-state index contributed by atoms with van der Waals surface area (Å²) < 4.78 is 7.18. The second kappa shape index (κ2) is 11.4. The topological polar surface area (TPSA) is 62.4 Å². The molecule has 0 aliphatic carbocycles. The number of benzene rings is 8. The van der Waals surface area contributed by atoms with E-state index in [0.717, 1.165) is 33.2 Å². The molecule has 12 rings (SSSR count). The van der Waals surface area contributed by atoms with Crippen molar-refractivity contribution >= 4 is 85.3 Å². The summed E-state index contributed by atoms with van der Waals surface area (Å²) in [6.45, 7) is 0. The molecule has 6 heteroatoms. The number of para-hydroxylation sites is 3. The predicted octanol–water partition coefficient (Wildman–Crippen LogP) is 9.82. The average Bonchev–Trinajstić information content (AvgIpc) is 3.99. The summed E-state index contributed by atoms with van der Waals surface area (Å²) in [6, 6.07) is 63.2. The van der Waals surface area contributed by atoms with E-state index in [0.29, 0.717) is 11.1 Å². The lowest BCUT2D eigenvalue weighted by Gasteiger charge is -2.13. The number of rotatable bonds is 3. The van der Waals surface area contributed by atoms with Crippen molar-refractivity contribution in [2.24, 2.45) is 0 Å². The Morgan fingerprint density at radius 1 is 0.375 bits per heavy atom. The van der Waals surface area contributed by atoms with Gasteiger partial charge in [0, 0.05) is 49.4 Å². The van der Waals surface area contributed by atoms with Crippen LogP contribution in [0.25, 0.3) is 93.6 Å². The molecule has 0 atom stereocenters. The molecule has 3 aromatic heterocycles. The first kappa shape index (κ1) is 30.8. The molecular weight excluding hydrogens is 699 g/mol. The maximum atomic E-state index is 9.70. The highest BCUT2D eigenvalue weighted by molar-refractivity contribution is 6.73. The molecular formula is C50H29N5Si. The van der Waals surface area contributed by atoms with Crippen LogP contribution in [0.3, 0.4) is 0 Å². The summed E-state index contributed by atoms with van der Waals surface area (Å²) >= 11 is 0. The number of hydrogen-bond donors (Lipinski definition) is 0. The standard InChI is InChI=1S/C50H29N5Si/c51-28-30-14-20-44-39(24-30)40-25-31(29-52)15-21-45(40)54(44)33-17-23-47-41(26-33)36-18-16-34(27-48(36)56-47)55-42-12-6-4-10-35(42)37-19-22-46-49(50(37)55)38-11-5-7-13-43(38)53(46)32-8-2-1-3-9-32/h1-27H,56H2. The van der Waals surface area contributed by atoms with Crippen LogP contribution in [0.2, 0.25) is 0 Å². The van der Waals surface area contributed by atoms with E-state index in [9.17, 15) is 10.5 Å². The van der Waals surface area contributed by atoms with Crippen LogP contribution >= 0.6 is 0 Å². The van der Waals surface area contributed by atoms with Crippen molar-refractivity contribution in [2.45, 2.75) is 0 Å². The van der Waals surface area contributed by atoms with E-state index in [-0.39, 0.29) is 0 Å². The van der Waals surface area contributed by atoms with E-state index in [1.165, 1.54) is 70.8 Å². The first-order valence-electron chi connectivity index (χ1n) is 18.8. The zero-order chi connectivity index (χ0) is 37.1. The van der Waals surface area contributed by atoms with E-state index < -0.39 is 9.52 Å². The van der Waals surface area contributed by atoms with Gasteiger partial charge in [-0.3, -0.25) is 0 Å². The Balaban J connectivity index is 1.06. The van der Waals surface area contributed by atoms with Crippen LogP contribution in [-0.4, -0.2) is 23.2 Å². The Labute approximate surface area is 323 Å². The Morgan fingerprint density at radius 3 is 1.70 bits per heavy atom. The largest absolute Gasteiger partial charge is 0.309 e. The quantitative estimate of drug-likeness (QED) is 0.170. The van der Waals surface area contributed by atoms with Gasteiger partial charge in [-0.05, 0) is 102 Å². The fourth-order valence-electron chi connectivity index (χ4n) is 9.51. The fraction of sp³-hybridized carbons (Fsp3) is 0. The molecule has 258 valence electrons. The zero-order valence-corrected chi connectivity index (χ0v) is 31.4. The van der Waals surface area contributed by atoms with Crippen molar-refractivity contribution in [3.63, 3.8) is 0 Å². The van der Waals surface area contributed by atoms with Crippen molar-refractivity contribution in [3.05, 3.63) is 175 Å². The summed E-state index contributed by atoms with van der Waals surface area (Å²) in [6.07, 6.45) is 0. The summed E-state index contributed by atoms with van der Waals surface area (Å²) in [4.78, 5) is 0. The van der Waals surface area contributed by atoms with Crippen LogP contribution in [0.1, 0.15) is 11.1 Å². The van der Waals surface area contributed by atoms with Crippen LogP contribution in [-0.2, 0) is 0 Å². The van der Waals surface area contributed by atoms with E-state index >= 15 is 0 Å². The lowest BCUT2D eigenvalue weighted by atomic mass is 10.0. The summed E-state index contributed by atoms with van der Waals surface area (Å²) in [5, 5.41) is 29.3. The number of hydrogen-bond acceptors (Lipinski definition) is 2. The minimum absolute atomic E-state index is 0.606. The normalized spacial score (nSPS) is 12.6. The molecule has 0 fully saturated rings. The summed E-state index contributed by atoms with van der Waals surface area (Å²) in [5.74, 6) is 0. The summed E-state index contributed by atoms with van der Waals surface area (Å²) in [5.41, 5.74) is 14.1. The number of aromatic nitrogens is 3. The van der Waals surface area contributed by atoms with Gasteiger partial charge in [-0.15, -0.1) is 0 Å². The Morgan fingerprint density at radius 2 is 0.964 bits per heavy atom. The molecule has 0 spiro atoms. The third-order valence-corrected chi connectivity index (χ3v) is 13.8. The van der Waals surface area contributed by atoms with Gasteiger partial charge in [0.25, 0.3) is 0 Å². The van der Waals surface area contributed by atoms with E-state index in [1.807, 2.05) is 36.4 Å². The van der Waals surface area contributed by atoms with Gasteiger partial charge < -0.3 is 13.7 Å². The van der Waals surface area contributed by atoms with Crippen molar-refractivity contribution in [1.82, 2.24) is 13.7 Å². The molecule has 1 aliphatic rings. The minimum Gasteiger partial charge on any atom is -0.309 e. The van der Waals surface area contributed by atoms with Crippen molar-refractivity contribution in [2.75, 3.05) is 0 Å². The molecule has 11 aromatic rings. The van der Waals surface area contributed by atoms with E-state index in [2.05, 4.69) is 153 Å². The molecule has 0 unspecified atom stereocenters. The van der Waals surface area contributed by atoms with Gasteiger partial charge in [0.2, 0.25) is 0 Å². The van der Waals surface area contributed by atoms with Crippen LogP contribution in [0.4, 0.5) is 0 Å². The van der Waals surface area contributed by atoms with Crippen molar-refractivity contribution < 1.29 is 0 Å². The second-order valence-electron chi connectivity index (χ2n) is 14.8. The van der Waals surface area contributed by atoms with Gasteiger partial charge >= 0.3 is 0 Å². The molecule has 0 bridgehead atoms. The van der Waals surface area contributed by atoms with Crippen molar-refractivity contribution in [1.29, 1.82) is 10.5 Å². The smallest absolute Gasteiger partial charge is 0.0991 e. The molecule has 1 aliphatic heterocycles. The van der Waals surface area contributed by atoms with E-state index in [4.69, 9.17) is 0 Å². The monoisotopic (exact) mass is 727 g/mol. The highest BCUT2D eigenvalue weighted by Gasteiger charge is 2.24. The van der Waals surface area contributed by atoms with Crippen LogP contribution in [0.5, 0.6) is 0 Å². The maximum Gasteiger partial charge on any atom is 0.0991 e. The molecule has 56 heavy (non-hydrogen) atoms. The average molecular weight is 728 g/mol. The first-order chi connectivity index (χ1) is 27.7. The second-order valence-corrected chi connectivity index (χ2v) is 16.7. The minimum atomic E-state index is -0.759. The highest BCUT2D eigenvalue weighted by atomic mass is 28.2. The van der Waals surface area contributed by atoms with Gasteiger partial charge in [-0.1, -0.05) is 83.2 Å². The van der Waals surface area contributed by atoms with Gasteiger partial charge in [0.05, 0.1) is 65.9 Å². The molecule has 5 nitrogen and oxygen atoms in total. The molecule has 0 amide bonds. The zero-order valence-electron chi connectivity index (χ0n) is 30.0. The van der Waals surface area contributed by atoms with Gasteiger partial charge in [-0.25, -0.2) is 0 Å². The van der Waals surface area contributed by atoms with Gasteiger partial charge in [-0.2, -0.15) is 10.5 Å². The molecule has 0 saturated heterocycles. The fourth-order valence-corrected chi connectivity index (χ4v) is 11.5. The van der Waals surface area contributed by atoms with Crippen LogP contribution in [0.15, 0.2) is 164 Å². The first-order valence-corrected chi connectivity index (χ1v) is 20.3. The van der Waals surface area contributed by atoms with E-state index in [1.54, 1.807) is 0 Å². The number of fused-ring (bicyclic) bond motifs is 13. The molecule has 0 N–H and O–H groups in total. The third-order valence-electron chi connectivity index (χ3n) is 11.9. The molecule has 8 aromatic carbocycles.